The first-order valence-electron chi connectivity index (χ1n) is 6.05. The zero-order valence-corrected chi connectivity index (χ0v) is 11.8. The summed E-state index contributed by atoms with van der Waals surface area (Å²) in [6.45, 7) is 2.00. The van der Waals surface area contributed by atoms with Crippen molar-refractivity contribution in [2.45, 2.75) is 6.92 Å². The van der Waals surface area contributed by atoms with Crippen molar-refractivity contribution in [3.8, 4) is 11.6 Å². The maximum atomic E-state index is 13.2. The molecule has 20 heavy (non-hydrogen) atoms. The van der Waals surface area contributed by atoms with Gasteiger partial charge in [-0.25, -0.2) is 9.37 Å². The van der Waals surface area contributed by atoms with Crippen molar-refractivity contribution in [3.63, 3.8) is 0 Å². The van der Waals surface area contributed by atoms with E-state index >= 15 is 0 Å². The number of halogens is 1. The largest absolute Gasteiger partial charge is 0.438 e. The quantitative estimate of drug-likeness (QED) is 0.792. The minimum atomic E-state index is -0.344. The van der Waals surface area contributed by atoms with Crippen molar-refractivity contribution in [2.24, 2.45) is 0 Å². The topological polar surface area (TPSA) is 47.0 Å². The van der Waals surface area contributed by atoms with Gasteiger partial charge in [0, 0.05) is 18.0 Å². The number of benzene rings is 1. The highest BCUT2D eigenvalue weighted by atomic mass is 32.1. The van der Waals surface area contributed by atoms with Crippen molar-refractivity contribution < 1.29 is 9.13 Å². The van der Waals surface area contributed by atoms with Gasteiger partial charge in [-0.2, -0.15) is 4.98 Å². The molecule has 0 saturated heterocycles. The van der Waals surface area contributed by atoms with Gasteiger partial charge in [-0.05, 0) is 25.1 Å². The zero-order chi connectivity index (χ0) is 14.1. The molecule has 0 amide bonds. The Morgan fingerprint density at radius 1 is 1.25 bits per heavy atom. The molecular formula is C14H12FN3OS. The Balaban J connectivity index is 2.09. The summed E-state index contributed by atoms with van der Waals surface area (Å²) in [6.07, 6.45) is 0. The van der Waals surface area contributed by atoms with Crippen molar-refractivity contribution >= 4 is 27.5 Å². The van der Waals surface area contributed by atoms with Crippen molar-refractivity contribution in [3.05, 3.63) is 41.0 Å². The van der Waals surface area contributed by atoms with Crippen LogP contribution in [0.3, 0.4) is 0 Å². The number of thiophene rings is 1. The van der Waals surface area contributed by atoms with Gasteiger partial charge < -0.3 is 10.1 Å². The molecule has 3 aromatic rings. The Morgan fingerprint density at radius 2 is 2.10 bits per heavy atom. The lowest BCUT2D eigenvalue weighted by molar-refractivity contribution is 0.464. The first-order valence-corrected chi connectivity index (χ1v) is 6.87. The van der Waals surface area contributed by atoms with E-state index < -0.39 is 0 Å². The molecule has 0 aliphatic rings. The average Bonchev–Trinajstić information content (AvgIpc) is 2.79. The molecule has 0 unspecified atom stereocenters. The van der Waals surface area contributed by atoms with Gasteiger partial charge >= 0.3 is 0 Å². The lowest BCUT2D eigenvalue weighted by atomic mass is 10.3. The number of anilines is 1. The van der Waals surface area contributed by atoms with E-state index in [-0.39, 0.29) is 5.82 Å². The zero-order valence-electron chi connectivity index (χ0n) is 11.0. The summed E-state index contributed by atoms with van der Waals surface area (Å²) >= 11 is 1.56. The molecule has 1 aromatic carbocycles. The summed E-state index contributed by atoms with van der Waals surface area (Å²) < 4.78 is 18.9. The van der Waals surface area contributed by atoms with E-state index in [0.29, 0.717) is 17.6 Å². The Bertz CT molecular complexity index is 772. The van der Waals surface area contributed by atoms with Gasteiger partial charge in [-0.3, -0.25) is 0 Å². The van der Waals surface area contributed by atoms with Crippen LogP contribution in [0.15, 0.2) is 30.3 Å². The molecule has 0 bridgehead atoms. The minimum absolute atomic E-state index is 0.344. The molecule has 2 heterocycles. The van der Waals surface area contributed by atoms with Gasteiger partial charge in [-0.15, -0.1) is 11.3 Å². The Hall–Kier alpha value is -2.21. The summed E-state index contributed by atoms with van der Waals surface area (Å²) in [5, 5.41) is 3.73. The fourth-order valence-electron chi connectivity index (χ4n) is 1.85. The third-order valence-electron chi connectivity index (χ3n) is 2.72. The standard InChI is InChI=1S/C14H12FN3OS/c1-8-6-11-12(17-14(16-2)18-13(11)20-8)19-10-5-3-4-9(15)7-10/h3-7H,1-2H3,(H,16,17,18). The fraction of sp³-hybridized carbons (Fsp3) is 0.143. The summed E-state index contributed by atoms with van der Waals surface area (Å²) in [5.41, 5.74) is 0. The SMILES string of the molecule is CNc1nc(Oc2cccc(F)c2)c2cc(C)sc2n1. The Labute approximate surface area is 119 Å². The van der Waals surface area contributed by atoms with Crippen LogP contribution in [0.4, 0.5) is 10.3 Å². The predicted molar refractivity (Wildman–Crippen MR) is 78.2 cm³/mol. The van der Waals surface area contributed by atoms with Gasteiger partial charge in [-0.1, -0.05) is 6.07 Å². The number of hydrogen-bond donors (Lipinski definition) is 1. The number of aromatic nitrogens is 2. The molecule has 4 nitrogen and oxygen atoms in total. The van der Waals surface area contributed by atoms with Crippen molar-refractivity contribution in [2.75, 3.05) is 12.4 Å². The number of ether oxygens (including phenoxy) is 1. The monoisotopic (exact) mass is 289 g/mol. The molecule has 3 rings (SSSR count). The molecule has 0 aliphatic carbocycles. The number of nitrogens with one attached hydrogen (secondary N) is 1. The molecule has 0 aliphatic heterocycles. The number of hydrogen-bond acceptors (Lipinski definition) is 5. The van der Waals surface area contributed by atoms with Gasteiger partial charge in [0.2, 0.25) is 11.8 Å². The maximum absolute atomic E-state index is 13.2. The molecule has 0 fully saturated rings. The van der Waals surface area contributed by atoms with Crippen LogP contribution < -0.4 is 10.1 Å². The summed E-state index contributed by atoms with van der Waals surface area (Å²) in [6, 6.07) is 7.95. The molecule has 1 N–H and O–H groups in total. The third kappa shape index (κ3) is 2.42. The predicted octanol–water partition coefficient (Wildman–Crippen LogP) is 3.97. The molecule has 0 saturated carbocycles. The first kappa shape index (κ1) is 12.8. The van der Waals surface area contributed by atoms with E-state index in [9.17, 15) is 4.39 Å². The van der Waals surface area contributed by atoms with Crippen LogP contribution in [0.5, 0.6) is 11.6 Å². The van der Waals surface area contributed by atoms with E-state index in [1.807, 2.05) is 13.0 Å². The average molecular weight is 289 g/mol. The second kappa shape index (κ2) is 5.05. The smallest absolute Gasteiger partial charge is 0.232 e. The number of aryl methyl sites for hydroxylation is 1. The molecular weight excluding hydrogens is 277 g/mol. The normalized spacial score (nSPS) is 10.8. The second-order valence-corrected chi connectivity index (χ2v) is 5.47. The second-order valence-electron chi connectivity index (χ2n) is 4.24. The lowest BCUT2D eigenvalue weighted by Gasteiger charge is -2.07. The number of nitrogens with zero attached hydrogens (tertiary/aromatic N) is 2. The molecule has 0 atom stereocenters. The lowest BCUT2D eigenvalue weighted by Crippen LogP contribution is -1.98. The van der Waals surface area contributed by atoms with Gasteiger partial charge in [0.05, 0.1) is 5.39 Å². The summed E-state index contributed by atoms with van der Waals surface area (Å²) in [7, 11) is 1.74. The van der Waals surface area contributed by atoms with Crippen molar-refractivity contribution in [1.29, 1.82) is 0 Å². The number of rotatable bonds is 3. The van der Waals surface area contributed by atoms with Crippen LogP contribution >= 0.6 is 11.3 Å². The van der Waals surface area contributed by atoms with Crippen LogP contribution in [-0.2, 0) is 0 Å². The first-order chi connectivity index (χ1) is 9.65. The van der Waals surface area contributed by atoms with E-state index in [4.69, 9.17) is 4.74 Å². The highest BCUT2D eigenvalue weighted by Crippen LogP contribution is 2.33. The molecule has 2 aromatic heterocycles. The van der Waals surface area contributed by atoms with E-state index in [1.165, 1.54) is 12.1 Å². The fourth-order valence-corrected chi connectivity index (χ4v) is 2.72. The van der Waals surface area contributed by atoms with Gasteiger partial charge in [0.1, 0.15) is 16.4 Å². The van der Waals surface area contributed by atoms with Crippen LogP contribution in [0.1, 0.15) is 4.88 Å². The maximum Gasteiger partial charge on any atom is 0.232 e. The molecule has 0 radical (unpaired) electrons. The minimum Gasteiger partial charge on any atom is -0.438 e. The van der Waals surface area contributed by atoms with E-state index in [2.05, 4.69) is 15.3 Å². The molecule has 6 heteroatoms. The van der Waals surface area contributed by atoms with E-state index in [0.717, 1.165) is 15.1 Å². The highest BCUT2D eigenvalue weighted by molar-refractivity contribution is 7.18. The summed E-state index contributed by atoms with van der Waals surface area (Å²) in [4.78, 5) is 10.6. The third-order valence-corrected chi connectivity index (χ3v) is 3.66. The van der Waals surface area contributed by atoms with Crippen LogP contribution in [0, 0.1) is 12.7 Å². The van der Waals surface area contributed by atoms with Crippen LogP contribution in [-0.4, -0.2) is 17.0 Å². The molecule has 0 spiro atoms. The van der Waals surface area contributed by atoms with Crippen LogP contribution in [0.25, 0.3) is 10.2 Å². The Morgan fingerprint density at radius 3 is 2.85 bits per heavy atom. The molecule has 102 valence electrons. The summed E-state index contributed by atoms with van der Waals surface area (Å²) in [5.74, 6) is 0.971. The van der Waals surface area contributed by atoms with Crippen LogP contribution in [0.2, 0.25) is 0 Å². The van der Waals surface area contributed by atoms with Gasteiger partial charge in [0.25, 0.3) is 0 Å². The van der Waals surface area contributed by atoms with Crippen molar-refractivity contribution in [1.82, 2.24) is 9.97 Å². The van der Waals surface area contributed by atoms with Gasteiger partial charge in [0.15, 0.2) is 0 Å². The Kier molecular flexibility index (Phi) is 3.23. The highest BCUT2D eigenvalue weighted by Gasteiger charge is 2.12. The number of fused-ring (bicyclic) bond motifs is 1. The van der Waals surface area contributed by atoms with E-state index in [1.54, 1.807) is 30.5 Å².